The lowest BCUT2D eigenvalue weighted by atomic mass is 10.1. The number of rotatable bonds is 5. The first-order valence-electron chi connectivity index (χ1n) is 7.35. The lowest BCUT2D eigenvalue weighted by molar-refractivity contribution is -0.117. The Morgan fingerprint density at radius 3 is 2.50 bits per heavy atom. The number of nitrogens with one attached hydrogen (secondary N) is 2. The van der Waals surface area contributed by atoms with Crippen LogP contribution < -0.4 is 10.6 Å². The molecule has 0 spiro atoms. The lowest BCUT2D eigenvalue weighted by Gasteiger charge is -2.21. The summed E-state index contributed by atoms with van der Waals surface area (Å²) in [5, 5.41) is 6.90. The molecule has 0 aliphatic rings. The van der Waals surface area contributed by atoms with Crippen LogP contribution in [0.3, 0.4) is 0 Å². The summed E-state index contributed by atoms with van der Waals surface area (Å²) < 4.78 is 0. The molecule has 2 rings (SSSR count). The Bertz CT molecular complexity index is 657. The van der Waals surface area contributed by atoms with E-state index in [-0.39, 0.29) is 18.0 Å². The Hall–Kier alpha value is -1.84. The van der Waals surface area contributed by atoms with E-state index in [1.54, 1.807) is 0 Å². The summed E-state index contributed by atoms with van der Waals surface area (Å²) in [5.74, 6) is -0.0653. The number of hydrogen-bond donors (Lipinski definition) is 2. The van der Waals surface area contributed by atoms with E-state index in [9.17, 15) is 4.79 Å². The molecule has 2 atom stereocenters. The molecule has 0 heterocycles. The van der Waals surface area contributed by atoms with Gasteiger partial charge in [-0.05, 0) is 50.1 Å². The van der Waals surface area contributed by atoms with Gasteiger partial charge in [0.05, 0.1) is 6.04 Å². The van der Waals surface area contributed by atoms with Gasteiger partial charge in [0, 0.05) is 16.8 Å². The molecule has 0 aliphatic carbocycles. The van der Waals surface area contributed by atoms with Crippen LogP contribution in [0.15, 0.2) is 48.5 Å². The molecule has 4 heteroatoms. The molecule has 22 heavy (non-hydrogen) atoms. The van der Waals surface area contributed by atoms with Crippen molar-refractivity contribution in [1.82, 2.24) is 5.32 Å². The molecule has 0 aliphatic heterocycles. The highest BCUT2D eigenvalue weighted by Crippen LogP contribution is 2.22. The van der Waals surface area contributed by atoms with Crippen LogP contribution in [0.2, 0.25) is 5.02 Å². The number of aryl methyl sites for hydroxylation is 1. The normalized spacial score (nSPS) is 13.5. The van der Waals surface area contributed by atoms with Crippen molar-refractivity contribution in [1.29, 1.82) is 0 Å². The second kappa shape index (κ2) is 7.43. The zero-order chi connectivity index (χ0) is 16.1. The Labute approximate surface area is 136 Å². The standard InChI is InChI=1S/C18H21ClN2O/c1-12-7-6-8-15(11-12)21-18(22)14(3)20-13(2)16-9-4-5-10-17(16)19/h4-11,13-14,20H,1-3H3,(H,21,22). The third-order valence-corrected chi connectivity index (χ3v) is 3.89. The van der Waals surface area contributed by atoms with Gasteiger partial charge < -0.3 is 5.32 Å². The Balaban J connectivity index is 1.98. The van der Waals surface area contributed by atoms with Crippen LogP contribution in [0.1, 0.15) is 31.0 Å². The monoisotopic (exact) mass is 316 g/mol. The maximum Gasteiger partial charge on any atom is 0.241 e. The molecule has 116 valence electrons. The molecule has 2 aromatic carbocycles. The summed E-state index contributed by atoms with van der Waals surface area (Å²) >= 11 is 6.19. The van der Waals surface area contributed by atoms with Crippen LogP contribution >= 0.6 is 11.6 Å². The van der Waals surface area contributed by atoms with E-state index in [0.29, 0.717) is 5.02 Å². The molecular weight excluding hydrogens is 296 g/mol. The zero-order valence-corrected chi connectivity index (χ0v) is 13.8. The average molecular weight is 317 g/mol. The summed E-state index contributed by atoms with van der Waals surface area (Å²) in [6.45, 7) is 5.84. The number of benzene rings is 2. The zero-order valence-electron chi connectivity index (χ0n) is 13.1. The van der Waals surface area contributed by atoms with Crippen LogP contribution in [-0.4, -0.2) is 11.9 Å². The second-order valence-electron chi connectivity index (χ2n) is 5.49. The largest absolute Gasteiger partial charge is 0.325 e. The fourth-order valence-electron chi connectivity index (χ4n) is 2.34. The Morgan fingerprint density at radius 1 is 1.09 bits per heavy atom. The van der Waals surface area contributed by atoms with Crippen molar-refractivity contribution in [2.75, 3.05) is 5.32 Å². The van der Waals surface area contributed by atoms with Gasteiger partial charge in [0.15, 0.2) is 0 Å². The van der Waals surface area contributed by atoms with Gasteiger partial charge in [-0.15, -0.1) is 0 Å². The van der Waals surface area contributed by atoms with Gasteiger partial charge >= 0.3 is 0 Å². The number of anilines is 1. The molecule has 2 N–H and O–H groups in total. The summed E-state index contributed by atoms with van der Waals surface area (Å²) in [6, 6.07) is 15.1. The molecule has 2 aromatic rings. The van der Waals surface area contributed by atoms with Gasteiger partial charge in [-0.25, -0.2) is 0 Å². The quantitative estimate of drug-likeness (QED) is 0.862. The van der Waals surface area contributed by atoms with Crippen molar-refractivity contribution >= 4 is 23.2 Å². The topological polar surface area (TPSA) is 41.1 Å². The van der Waals surface area contributed by atoms with E-state index in [1.807, 2.05) is 69.3 Å². The second-order valence-corrected chi connectivity index (χ2v) is 5.90. The van der Waals surface area contributed by atoms with Crippen LogP contribution in [-0.2, 0) is 4.79 Å². The van der Waals surface area contributed by atoms with Gasteiger partial charge in [0.25, 0.3) is 0 Å². The minimum Gasteiger partial charge on any atom is -0.325 e. The van der Waals surface area contributed by atoms with Crippen LogP contribution in [0.25, 0.3) is 0 Å². The third kappa shape index (κ3) is 4.33. The summed E-state index contributed by atoms with van der Waals surface area (Å²) in [7, 11) is 0. The molecule has 0 bridgehead atoms. The van der Waals surface area contributed by atoms with E-state index in [4.69, 9.17) is 11.6 Å². The maximum absolute atomic E-state index is 12.3. The summed E-state index contributed by atoms with van der Waals surface area (Å²) in [5.41, 5.74) is 2.91. The molecule has 0 fully saturated rings. The average Bonchev–Trinajstić information content (AvgIpc) is 2.47. The van der Waals surface area contributed by atoms with E-state index in [0.717, 1.165) is 16.8 Å². The van der Waals surface area contributed by atoms with Crippen LogP contribution in [0.4, 0.5) is 5.69 Å². The van der Waals surface area contributed by atoms with Crippen molar-refractivity contribution in [2.24, 2.45) is 0 Å². The highest BCUT2D eigenvalue weighted by atomic mass is 35.5. The summed E-state index contributed by atoms with van der Waals surface area (Å²) in [6.07, 6.45) is 0. The molecule has 0 saturated heterocycles. The fraction of sp³-hybridized carbons (Fsp3) is 0.278. The van der Waals surface area contributed by atoms with Crippen LogP contribution in [0, 0.1) is 6.92 Å². The smallest absolute Gasteiger partial charge is 0.241 e. The van der Waals surface area contributed by atoms with Crippen molar-refractivity contribution in [3.8, 4) is 0 Å². The van der Waals surface area contributed by atoms with Crippen molar-refractivity contribution in [2.45, 2.75) is 32.9 Å². The predicted molar refractivity (Wildman–Crippen MR) is 92.3 cm³/mol. The van der Waals surface area contributed by atoms with Crippen LogP contribution in [0.5, 0.6) is 0 Å². The van der Waals surface area contributed by atoms with E-state index < -0.39 is 0 Å². The first-order chi connectivity index (χ1) is 10.5. The van der Waals surface area contributed by atoms with E-state index in [2.05, 4.69) is 10.6 Å². The predicted octanol–water partition coefficient (Wildman–Crippen LogP) is 4.33. The molecule has 0 radical (unpaired) electrons. The molecule has 0 aromatic heterocycles. The molecule has 1 amide bonds. The van der Waals surface area contributed by atoms with Gasteiger partial charge in [-0.2, -0.15) is 0 Å². The number of carbonyl (C=O) groups is 1. The highest BCUT2D eigenvalue weighted by Gasteiger charge is 2.17. The number of amides is 1. The number of hydrogen-bond acceptors (Lipinski definition) is 2. The molecular formula is C18H21ClN2O. The molecule has 0 saturated carbocycles. The number of carbonyl (C=O) groups excluding carboxylic acids is 1. The van der Waals surface area contributed by atoms with E-state index in [1.165, 1.54) is 0 Å². The number of halogens is 1. The highest BCUT2D eigenvalue weighted by molar-refractivity contribution is 6.31. The molecule has 2 unspecified atom stereocenters. The van der Waals surface area contributed by atoms with Gasteiger partial charge in [-0.3, -0.25) is 10.1 Å². The third-order valence-electron chi connectivity index (χ3n) is 3.55. The molecule has 3 nitrogen and oxygen atoms in total. The van der Waals surface area contributed by atoms with Gasteiger partial charge in [0.2, 0.25) is 5.91 Å². The van der Waals surface area contributed by atoms with E-state index >= 15 is 0 Å². The van der Waals surface area contributed by atoms with Crippen molar-refractivity contribution in [3.05, 3.63) is 64.7 Å². The lowest BCUT2D eigenvalue weighted by Crippen LogP contribution is -2.39. The van der Waals surface area contributed by atoms with Crippen molar-refractivity contribution in [3.63, 3.8) is 0 Å². The minimum atomic E-state index is -0.327. The summed E-state index contributed by atoms with van der Waals surface area (Å²) in [4.78, 5) is 12.3. The fourth-order valence-corrected chi connectivity index (χ4v) is 2.64. The van der Waals surface area contributed by atoms with Gasteiger partial charge in [-0.1, -0.05) is 41.9 Å². The van der Waals surface area contributed by atoms with Gasteiger partial charge in [0.1, 0.15) is 0 Å². The first-order valence-corrected chi connectivity index (χ1v) is 7.73. The Morgan fingerprint density at radius 2 is 1.82 bits per heavy atom. The minimum absolute atomic E-state index is 0.00744. The Kier molecular flexibility index (Phi) is 5.58. The SMILES string of the molecule is Cc1cccc(NC(=O)C(C)NC(C)c2ccccc2Cl)c1. The maximum atomic E-state index is 12.3. The first kappa shape index (κ1) is 16.5. The van der Waals surface area contributed by atoms with Crippen molar-refractivity contribution < 1.29 is 4.79 Å².